The normalized spacial score (nSPS) is 11.8. The standard InChI is InChI=1S/C68H40N6/c69-41-43-19-15-25-47(39-43)73-65-55(33-17-35-57(65)63-53-31-11-13-37-59(53)71(67(63)73)45-21-3-1-4-22-45)61-49-27-7-9-29-51(49)62(52-30-10-8-28-50(52)61)56-34-18-36-58-64-54-32-12-14-38-60(54)72(46-23-5-2-6-24-46)68(64)74(66(56)58)48-26-16-20-44(40-48)42-70/h1-40H. The minimum Gasteiger partial charge on any atom is -0.295 e. The first-order chi connectivity index (χ1) is 36.7. The number of rotatable bonds is 6. The molecule has 0 aliphatic rings. The Kier molecular flexibility index (Phi) is 8.99. The molecule has 4 heterocycles. The summed E-state index contributed by atoms with van der Waals surface area (Å²) >= 11 is 0. The van der Waals surface area contributed by atoms with Crippen molar-refractivity contribution >= 4 is 87.2 Å². The molecule has 6 nitrogen and oxygen atoms in total. The highest BCUT2D eigenvalue weighted by Crippen LogP contribution is 2.51. The second-order valence-electron chi connectivity index (χ2n) is 19.0. The third-order valence-electron chi connectivity index (χ3n) is 15.1. The SMILES string of the molecule is N#Cc1cccc(-n2c3c(-c4c5ccccc5c(-c5cccc6c7c8ccccc8n(-c8ccccc8)c7n(-c7cccc(C#N)c7)c56)c5ccccc45)cccc3c3c4ccccc4n(-c4ccccc4)c32)c1. The molecule has 0 unspecified atom stereocenters. The molecule has 0 saturated heterocycles. The summed E-state index contributed by atoms with van der Waals surface area (Å²) in [5.74, 6) is 0. The molecule has 0 spiro atoms. The summed E-state index contributed by atoms with van der Waals surface area (Å²) in [5.41, 5.74) is 16.0. The number of hydrogen-bond acceptors (Lipinski definition) is 2. The van der Waals surface area contributed by atoms with Crippen molar-refractivity contribution in [2.75, 3.05) is 0 Å². The lowest BCUT2D eigenvalue weighted by Crippen LogP contribution is -2.03. The number of nitriles is 2. The van der Waals surface area contributed by atoms with Crippen LogP contribution in [0.1, 0.15) is 11.1 Å². The van der Waals surface area contributed by atoms with E-state index >= 15 is 0 Å². The zero-order valence-corrected chi connectivity index (χ0v) is 39.8. The summed E-state index contributed by atoms with van der Waals surface area (Å²) in [5, 5.41) is 32.1. The fourth-order valence-electron chi connectivity index (χ4n) is 12.3. The van der Waals surface area contributed by atoms with Crippen LogP contribution in [0.15, 0.2) is 243 Å². The maximum atomic E-state index is 10.4. The number of para-hydroxylation sites is 6. The summed E-state index contributed by atoms with van der Waals surface area (Å²) in [6.07, 6.45) is 0. The Morgan fingerprint density at radius 3 is 0.986 bits per heavy atom. The molecule has 0 N–H and O–H groups in total. The van der Waals surface area contributed by atoms with Gasteiger partial charge in [0.05, 0.1) is 45.3 Å². The van der Waals surface area contributed by atoms with Gasteiger partial charge in [-0.1, -0.05) is 170 Å². The fourth-order valence-corrected chi connectivity index (χ4v) is 12.3. The highest BCUT2D eigenvalue weighted by molar-refractivity contribution is 6.31. The minimum absolute atomic E-state index is 0.595. The van der Waals surface area contributed by atoms with Gasteiger partial charge in [-0.25, -0.2) is 0 Å². The van der Waals surface area contributed by atoms with Crippen molar-refractivity contribution in [3.8, 4) is 57.1 Å². The number of nitrogens with zero attached hydrogens (tertiary/aromatic N) is 6. The van der Waals surface area contributed by atoms with E-state index in [2.05, 4.69) is 237 Å². The zero-order valence-electron chi connectivity index (χ0n) is 39.8. The Balaban J connectivity index is 1.11. The van der Waals surface area contributed by atoms with Crippen LogP contribution in [0.2, 0.25) is 0 Å². The Hall–Kier alpha value is -10.4. The van der Waals surface area contributed by atoms with Crippen LogP contribution >= 0.6 is 0 Å². The minimum atomic E-state index is 0.595. The van der Waals surface area contributed by atoms with Crippen LogP contribution in [0.5, 0.6) is 0 Å². The molecule has 11 aromatic carbocycles. The van der Waals surface area contributed by atoms with Gasteiger partial charge in [-0.05, 0) is 105 Å². The zero-order chi connectivity index (χ0) is 49.0. The Bertz CT molecular complexity index is 4550. The average molecular weight is 941 g/mol. The number of aromatic nitrogens is 4. The summed E-state index contributed by atoms with van der Waals surface area (Å²) in [4.78, 5) is 0. The molecule has 4 aromatic heterocycles. The molecule has 0 radical (unpaired) electrons. The van der Waals surface area contributed by atoms with Gasteiger partial charge in [0.25, 0.3) is 0 Å². The second kappa shape index (κ2) is 16.1. The van der Waals surface area contributed by atoms with E-state index < -0.39 is 0 Å². The van der Waals surface area contributed by atoms with Gasteiger partial charge in [-0.15, -0.1) is 0 Å². The van der Waals surface area contributed by atoms with Crippen LogP contribution in [0.4, 0.5) is 0 Å². The molecule has 0 atom stereocenters. The van der Waals surface area contributed by atoms with Crippen molar-refractivity contribution in [2.24, 2.45) is 0 Å². The van der Waals surface area contributed by atoms with Crippen LogP contribution < -0.4 is 0 Å². The fraction of sp³-hybridized carbons (Fsp3) is 0. The molecule has 0 amide bonds. The lowest BCUT2D eigenvalue weighted by molar-refractivity contribution is 1.07. The lowest BCUT2D eigenvalue weighted by Gasteiger charge is -2.21. The quantitative estimate of drug-likeness (QED) is 0.156. The molecule has 0 bridgehead atoms. The molecule has 0 fully saturated rings. The first kappa shape index (κ1) is 41.4. The molecular weight excluding hydrogens is 901 g/mol. The number of benzene rings is 11. The van der Waals surface area contributed by atoms with Crippen molar-refractivity contribution in [1.82, 2.24) is 18.3 Å². The molecule has 0 saturated carbocycles. The van der Waals surface area contributed by atoms with Crippen LogP contribution in [0.3, 0.4) is 0 Å². The largest absolute Gasteiger partial charge is 0.295 e. The summed E-state index contributed by atoms with van der Waals surface area (Å²) < 4.78 is 9.55. The van der Waals surface area contributed by atoms with E-state index in [1.165, 1.54) is 0 Å². The molecule has 6 heteroatoms. The molecule has 342 valence electrons. The smallest absolute Gasteiger partial charge is 0.131 e. The van der Waals surface area contributed by atoms with Gasteiger partial charge in [0.1, 0.15) is 11.3 Å². The van der Waals surface area contributed by atoms with Gasteiger partial charge in [0.15, 0.2) is 0 Å². The van der Waals surface area contributed by atoms with E-state index in [-0.39, 0.29) is 0 Å². The van der Waals surface area contributed by atoms with Gasteiger partial charge in [0, 0.05) is 66.2 Å². The van der Waals surface area contributed by atoms with E-state index in [9.17, 15) is 10.5 Å². The van der Waals surface area contributed by atoms with Crippen molar-refractivity contribution in [1.29, 1.82) is 10.5 Å². The van der Waals surface area contributed by atoms with E-state index in [4.69, 9.17) is 0 Å². The monoisotopic (exact) mass is 940 g/mol. The number of fused-ring (bicyclic) bond motifs is 12. The second-order valence-corrected chi connectivity index (χ2v) is 19.0. The molecule has 15 rings (SSSR count). The van der Waals surface area contributed by atoms with Gasteiger partial charge in [0.2, 0.25) is 0 Å². The van der Waals surface area contributed by atoms with E-state index in [0.29, 0.717) is 11.1 Å². The lowest BCUT2D eigenvalue weighted by atomic mass is 9.85. The topological polar surface area (TPSA) is 67.3 Å². The predicted molar refractivity (Wildman–Crippen MR) is 304 cm³/mol. The first-order valence-corrected chi connectivity index (χ1v) is 24.9. The van der Waals surface area contributed by atoms with E-state index in [1.807, 2.05) is 36.4 Å². The van der Waals surface area contributed by atoms with Gasteiger partial charge in [-0.2, -0.15) is 10.5 Å². The van der Waals surface area contributed by atoms with Crippen molar-refractivity contribution in [3.63, 3.8) is 0 Å². The summed E-state index contributed by atoms with van der Waals surface area (Å²) in [7, 11) is 0. The molecular formula is C68H40N6. The maximum Gasteiger partial charge on any atom is 0.131 e. The third kappa shape index (κ3) is 5.79. The molecule has 15 aromatic rings. The van der Waals surface area contributed by atoms with Gasteiger partial charge < -0.3 is 0 Å². The Morgan fingerprint density at radius 1 is 0.270 bits per heavy atom. The van der Waals surface area contributed by atoms with Crippen molar-refractivity contribution < 1.29 is 0 Å². The van der Waals surface area contributed by atoms with Crippen LogP contribution in [0.25, 0.3) is 132 Å². The predicted octanol–water partition coefficient (Wildman–Crippen LogP) is 17.2. The third-order valence-corrected chi connectivity index (χ3v) is 15.1. The maximum absolute atomic E-state index is 10.4. The van der Waals surface area contributed by atoms with Crippen molar-refractivity contribution in [2.45, 2.75) is 0 Å². The number of hydrogen-bond donors (Lipinski definition) is 0. The van der Waals surface area contributed by atoms with Gasteiger partial charge in [-0.3, -0.25) is 18.3 Å². The average Bonchev–Trinajstić information content (AvgIpc) is 4.30. The first-order valence-electron chi connectivity index (χ1n) is 24.9. The summed E-state index contributed by atoms with van der Waals surface area (Å²) in [6.45, 7) is 0. The molecule has 0 aliphatic heterocycles. The molecule has 0 aliphatic carbocycles. The van der Waals surface area contributed by atoms with Crippen molar-refractivity contribution in [3.05, 3.63) is 254 Å². The van der Waals surface area contributed by atoms with Crippen LogP contribution in [-0.2, 0) is 0 Å². The Morgan fingerprint density at radius 2 is 0.595 bits per heavy atom. The van der Waals surface area contributed by atoms with E-state index in [1.54, 1.807) is 0 Å². The highest BCUT2D eigenvalue weighted by atomic mass is 15.2. The molecule has 74 heavy (non-hydrogen) atoms. The highest BCUT2D eigenvalue weighted by Gasteiger charge is 2.29. The Labute approximate surface area is 424 Å². The van der Waals surface area contributed by atoms with Gasteiger partial charge >= 0.3 is 0 Å². The van der Waals surface area contributed by atoms with Crippen LogP contribution in [-0.4, -0.2) is 18.3 Å². The summed E-state index contributed by atoms with van der Waals surface area (Å²) in [6, 6.07) is 90.7. The van der Waals surface area contributed by atoms with E-state index in [0.717, 1.165) is 132 Å². The van der Waals surface area contributed by atoms with Crippen LogP contribution in [0, 0.1) is 22.7 Å².